The lowest BCUT2D eigenvalue weighted by molar-refractivity contribution is -0.386. The van der Waals surface area contributed by atoms with Gasteiger partial charge in [0.1, 0.15) is 48.3 Å². The van der Waals surface area contributed by atoms with Crippen LogP contribution in [0, 0.1) is 11.3 Å². The van der Waals surface area contributed by atoms with Crippen LogP contribution in [-0.4, -0.2) is 135 Å². The maximum Gasteiger partial charge on any atom is 0.341 e. The minimum atomic E-state index is -3.00. The van der Waals surface area contributed by atoms with E-state index in [-0.39, 0.29) is 23.2 Å². The Morgan fingerprint density at radius 2 is 1.42 bits per heavy atom. The standard InChI is InChI=1S/C41H47NO20/c1-19(43)54-18-40-32(58-22(4)46)28(56-20(2)44)27-30(57-21(3)45)41(40)39(8,52)31(29(33(40)59-23(5)47)60-34(48)24-12-15-53-16-24)61-36(50)37(6,51)13-11-26-25(10-9-14-42-26)35(49)55-17-38(27,7)62-41/h9-10,12,14-16,27-33,51-52H,11,13,17-18H2,1-8H3/t27-,28?,29+,30?,31+,32-,33+,37-,38+,39+,40-,41-/m1/s1. The van der Waals surface area contributed by atoms with Gasteiger partial charge in [-0.3, -0.25) is 29.0 Å². The molecule has 0 radical (unpaired) electrons. The third-order valence-corrected chi connectivity index (χ3v) is 11.9. The number of carbonyl (C=O) groups excluding carboxylic acids is 8. The molecular formula is C41H47NO20. The number of rotatable bonds is 8. The lowest BCUT2D eigenvalue weighted by Gasteiger charge is -2.67. The van der Waals surface area contributed by atoms with Crippen molar-refractivity contribution in [2.75, 3.05) is 13.2 Å². The molecule has 2 aliphatic carbocycles. The van der Waals surface area contributed by atoms with Gasteiger partial charge in [0.25, 0.3) is 0 Å². The Kier molecular flexibility index (Phi) is 12.1. The van der Waals surface area contributed by atoms with E-state index in [0.29, 0.717) is 0 Å². The predicted molar refractivity (Wildman–Crippen MR) is 199 cm³/mol. The molecule has 21 nitrogen and oxygen atoms in total. The number of pyridine rings is 1. The fourth-order valence-electron chi connectivity index (χ4n) is 9.53. The zero-order valence-corrected chi connectivity index (χ0v) is 35.0. The van der Waals surface area contributed by atoms with E-state index in [1.54, 1.807) is 0 Å². The van der Waals surface area contributed by atoms with E-state index in [1.807, 2.05) is 0 Å². The summed E-state index contributed by atoms with van der Waals surface area (Å²) in [5.41, 5.74) is -13.5. The minimum absolute atomic E-state index is 0.0776. The van der Waals surface area contributed by atoms with Crippen LogP contribution >= 0.6 is 0 Å². The third kappa shape index (κ3) is 7.54. The summed E-state index contributed by atoms with van der Waals surface area (Å²) in [4.78, 5) is 113. The van der Waals surface area contributed by atoms with E-state index in [9.17, 15) is 48.6 Å². The Balaban J connectivity index is 1.79. The van der Waals surface area contributed by atoms with Crippen LogP contribution in [0.4, 0.5) is 0 Å². The van der Waals surface area contributed by atoms with Gasteiger partial charge in [-0.05, 0) is 51.8 Å². The van der Waals surface area contributed by atoms with E-state index in [0.717, 1.165) is 61.0 Å². The van der Waals surface area contributed by atoms with Gasteiger partial charge in [0.15, 0.2) is 35.6 Å². The van der Waals surface area contributed by atoms with Crippen molar-refractivity contribution in [3.05, 3.63) is 53.7 Å². The molecule has 336 valence electrons. The summed E-state index contributed by atoms with van der Waals surface area (Å²) in [6.07, 6.45) is -10.1. The van der Waals surface area contributed by atoms with Crippen molar-refractivity contribution in [2.45, 2.75) is 127 Å². The maximum absolute atomic E-state index is 14.4. The van der Waals surface area contributed by atoms with Gasteiger partial charge in [-0.15, -0.1) is 0 Å². The molecule has 62 heavy (non-hydrogen) atoms. The van der Waals surface area contributed by atoms with Gasteiger partial charge in [-0.25, -0.2) is 14.4 Å². The van der Waals surface area contributed by atoms with Crippen molar-refractivity contribution >= 4 is 47.8 Å². The molecule has 1 spiro atoms. The number of aryl methyl sites for hydroxylation is 1. The molecule has 2 N–H and O–H groups in total. The fraction of sp³-hybridized carbons (Fsp3) is 0.585. The zero-order chi connectivity index (χ0) is 45.7. The molecule has 6 rings (SSSR count). The second kappa shape index (κ2) is 16.4. The third-order valence-electron chi connectivity index (χ3n) is 11.9. The highest BCUT2D eigenvalue weighted by Crippen LogP contribution is 2.70. The molecular weight excluding hydrogens is 826 g/mol. The molecule has 4 bridgehead atoms. The average molecular weight is 874 g/mol. The summed E-state index contributed by atoms with van der Waals surface area (Å²) < 4.78 is 59.6. The highest BCUT2D eigenvalue weighted by Gasteiger charge is 2.92. The van der Waals surface area contributed by atoms with Crippen LogP contribution in [0.2, 0.25) is 0 Å². The van der Waals surface area contributed by atoms with Crippen LogP contribution in [0.25, 0.3) is 0 Å². The number of fused-ring (bicyclic) bond motifs is 5. The highest BCUT2D eigenvalue weighted by molar-refractivity contribution is 5.91. The first-order valence-electron chi connectivity index (χ1n) is 19.5. The van der Waals surface area contributed by atoms with Gasteiger partial charge in [-0.1, -0.05) is 0 Å². The van der Waals surface area contributed by atoms with Crippen LogP contribution in [-0.2, 0) is 77.8 Å². The Bertz CT molecular complexity index is 2150. The summed E-state index contributed by atoms with van der Waals surface area (Å²) in [5, 5.41) is 25.3. The van der Waals surface area contributed by atoms with Crippen molar-refractivity contribution in [1.82, 2.24) is 4.98 Å². The summed E-state index contributed by atoms with van der Waals surface area (Å²) >= 11 is 0. The zero-order valence-electron chi connectivity index (χ0n) is 35.0. The van der Waals surface area contributed by atoms with Gasteiger partial charge in [0, 0.05) is 40.8 Å². The quantitative estimate of drug-likeness (QED) is 0.275. The van der Waals surface area contributed by atoms with Crippen LogP contribution < -0.4 is 0 Å². The number of carbonyl (C=O) groups is 8. The van der Waals surface area contributed by atoms with Crippen molar-refractivity contribution < 1.29 is 95.6 Å². The molecule has 12 atom stereocenters. The van der Waals surface area contributed by atoms with Crippen molar-refractivity contribution in [2.24, 2.45) is 11.3 Å². The summed E-state index contributed by atoms with van der Waals surface area (Å²) in [6, 6.07) is 3.99. The Hall–Kier alpha value is -5.93. The number of furan rings is 1. The van der Waals surface area contributed by atoms with E-state index in [2.05, 4.69) is 4.98 Å². The number of hydrogen-bond acceptors (Lipinski definition) is 21. The smallest absolute Gasteiger partial charge is 0.341 e. The molecule has 0 amide bonds. The predicted octanol–water partition coefficient (Wildman–Crippen LogP) is 0.864. The number of cyclic esters (lactones) is 1. The largest absolute Gasteiger partial charge is 0.472 e. The van der Waals surface area contributed by atoms with Crippen molar-refractivity contribution in [3.63, 3.8) is 0 Å². The highest BCUT2D eigenvalue weighted by atomic mass is 16.7. The topological polar surface area (TPSA) is 286 Å². The van der Waals surface area contributed by atoms with E-state index in [4.69, 9.17) is 47.0 Å². The van der Waals surface area contributed by atoms with Crippen molar-refractivity contribution in [3.8, 4) is 0 Å². The second-order valence-electron chi connectivity index (χ2n) is 16.4. The lowest BCUT2D eigenvalue weighted by Crippen LogP contribution is -2.89. The van der Waals surface area contributed by atoms with Gasteiger partial charge < -0.3 is 57.3 Å². The van der Waals surface area contributed by atoms with Crippen molar-refractivity contribution in [1.29, 1.82) is 0 Å². The van der Waals surface area contributed by atoms with Crippen LogP contribution in [0.3, 0.4) is 0 Å². The number of aromatic nitrogens is 1. The van der Waals surface area contributed by atoms with Crippen LogP contribution in [0.1, 0.15) is 88.2 Å². The van der Waals surface area contributed by atoms with Crippen LogP contribution in [0.15, 0.2) is 41.3 Å². The maximum atomic E-state index is 14.4. The fourth-order valence-corrected chi connectivity index (χ4v) is 9.53. The number of aliphatic hydroxyl groups is 2. The summed E-state index contributed by atoms with van der Waals surface area (Å²) in [5.74, 6) is -10.7. The SMILES string of the molecule is CC(=O)OC[C@]12[C@H](OC(C)=O)C(OC(C)=O)[C@@H]3C(OC(C)=O)[C@]14O[C@@]3(C)COC(=O)c1cccnc1CC[C@@](C)(O)C(=O)O[C@@H]([C@H](OC(=O)c1ccoc1)[C@@H]2OC(C)=O)[C@]4(C)O. The monoisotopic (exact) mass is 873 g/mol. The Labute approximate surface area is 353 Å². The molecule has 2 aromatic heterocycles. The number of ether oxygens (including phenoxy) is 9. The number of hydrogen-bond donors (Lipinski definition) is 2. The van der Waals surface area contributed by atoms with Gasteiger partial charge >= 0.3 is 47.8 Å². The Morgan fingerprint density at radius 3 is 2.00 bits per heavy atom. The minimum Gasteiger partial charge on any atom is -0.472 e. The van der Waals surface area contributed by atoms with Gasteiger partial charge in [0.2, 0.25) is 0 Å². The molecule has 21 heteroatoms. The van der Waals surface area contributed by atoms with E-state index in [1.165, 1.54) is 31.3 Å². The average Bonchev–Trinajstić information content (AvgIpc) is 3.79. The first kappa shape index (κ1) is 45.6. The lowest BCUT2D eigenvalue weighted by atomic mass is 9.45. The molecule has 2 unspecified atom stereocenters. The van der Waals surface area contributed by atoms with E-state index >= 15 is 0 Å². The molecule has 2 aromatic rings. The van der Waals surface area contributed by atoms with Gasteiger partial charge in [-0.2, -0.15) is 0 Å². The van der Waals surface area contributed by atoms with E-state index < -0.39 is 138 Å². The molecule has 2 aliphatic heterocycles. The second-order valence-corrected chi connectivity index (χ2v) is 16.4. The molecule has 4 heterocycles. The molecule has 2 saturated carbocycles. The van der Waals surface area contributed by atoms with Crippen LogP contribution in [0.5, 0.6) is 0 Å². The normalized spacial score (nSPS) is 36.3. The molecule has 1 saturated heterocycles. The molecule has 0 aromatic carbocycles. The first-order valence-corrected chi connectivity index (χ1v) is 19.5. The molecule has 3 fully saturated rings. The summed E-state index contributed by atoms with van der Waals surface area (Å²) in [7, 11) is 0. The summed E-state index contributed by atoms with van der Waals surface area (Å²) in [6.45, 7) is 6.25. The number of esters is 8. The first-order chi connectivity index (χ1) is 28.9. The molecule has 4 aliphatic rings. The number of nitrogens with zero attached hydrogens (tertiary/aromatic N) is 1. The Morgan fingerprint density at radius 1 is 0.806 bits per heavy atom. The van der Waals surface area contributed by atoms with Gasteiger partial charge in [0.05, 0.1) is 29.0 Å².